The van der Waals surface area contributed by atoms with Gasteiger partial charge in [-0.3, -0.25) is 0 Å². The van der Waals surface area contributed by atoms with Gasteiger partial charge in [-0.05, 0) is 37.6 Å². The predicted molar refractivity (Wildman–Crippen MR) is 86.1 cm³/mol. The number of nitrogens with one attached hydrogen (secondary N) is 2. The Bertz CT molecular complexity index is 562. The van der Waals surface area contributed by atoms with Gasteiger partial charge in [0.25, 0.3) is 0 Å². The highest BCUT2D eigenvalue weighted by atomic mass is 35.5. The van der Waals surface area contributed by atoms with Crippen molar-refractivity contribution in [2.75, 3.05) is 5.32 Å². The van der Waals surface area contributed by atoms with E-state index in [1.165, 1.54) is 0 Å². The van der Waals surface area contributed by atoms with Crippen LogP contribution >= 0.6 is 11.6 Å². The molecule has 3 nitrogen and oxygen atoms in total. The molecule has 0 aliphatic rings. The molecule has 0 aliphatic carbocycles. The Morgan fingerprint density at radius 1 is 1.35 bits per heavy atom. The summed E-state index contributed by atoms with van der Waals surface area (Å²) in [6.07, 6.45) is 3.34. The van der Waals surface area contributed by atoms with E-state index in [1.807, 2.05) is 39.0 Å². The lowest BCUT2D eigenvalue weighted by molar-refractivity contribution is 0.564. The third kappa shape index (κ3) is 4.14. The Morgan fingerprint density at radius 2 is 2.05 bits per heavy atom. The van der Waals surface area contributed by atoms with Crippen molar-refractivity contribution in [1.82, 2.24) is 0 Å². The molecule has 0 saturated heterocycles. The van der Waals surface area contributed by atoms with Gasteiger partial charge in [-0.1, -0.05) is 25.4 Å². The summed E-state index contributed by atoms with van der Waals surface area (Å²) in [5, 5.41) is 11.7. The molecule has 0 unspecified atom stereocenters. The summed E-state index contributed by atoms with van der Waals surface area (Å²) >= 11 is 6.19. The molecule has 0 fully saturated rings. The van der Waals surface area contributed by atoms with Crippen LogP contribution in [0.3, 0.4) is 0 Å². The number of halogens is 1. The van der Waals surface area contributed by atoms with Gasteiger partial charge in [0.2, 0.25) is 0 Å². The van der Waals surface area contributed by atoms with Crippen molar-refractivity contribution >= 4 is 23.0 Å². The van der Waals surface area contributed by atoms with Crippen LogP contribution in [-0.2, 0) is 6.54 Å². The number of furan rings is 1. The van der Waals surface area contributed by atoms with Crippen molar-refractivity contribution in [2.24, 2.45) is 0 Å². The highest BCUT2D eigenvalue weighted by Gasteiger charge is 2.10. The fourth-order valence-electron chi connectivity index (χ4n) is 1.85. The van der Waals surface area contributed by atoms with Gasteiger partial charge in [-0.25, -0.2) is 0 Å². The summed E-state index contributed by atoms with van der Waals surface area (Å²) < 4.78 is 5.02. The van der Waals surface area contributed by atoms with Gasteiger partial charge in [-0.15, -0.1) is 0 Å². The van der Waals surface area contributed by atoms with Gasteiger partial charge in [0, 0.05) is 29.1 Å². The first-order valence-electron chi connectivity index (χ1n) is 6.68. The second kappa shape index (κ2) is 7.75. The quantitative estimate of drug-likeness (QED) is 0.754. The summed E-state index contributed by atoms with van der Waals surface area (Å²) in [5.41, 5.74) is 4.22. The number of aryl methyl sites for hydroxylation is 1. The molecular weight excluding hydrogens is 272 g/mol. The van der Waals surface area contributed by atoms with Crippen molar-refractivity contribution in [1.29, 1.82) is 5.41 Å². The molecule has 2 N–H and O–H groups in total. The van der Waals surface area contributed by atoms with Crippen molar-refractivity contribution in [3.8, 4) is 0 Å². The van der Waals surface area contributed by atoms with Crippen LogP contribution in [0.4, 0.5) is 5.69 Å². The summed E-state index contributed by atoms with van der Waals surface area (Å²) in [6.45, 7) is 8.37. The Labute approximate surface area is 125 Å². The summed E-state index contributed by atoms with van der Waals surface area (Å²) in [4.78, 5) is 0. The van der Waals surface area contributed by atoms with Crippen molar-refractivity contribution in [3.63, 3.8) is 0 Å². The lowest BCUT2D eigenvalue weighted by Crippen LogP contribution is -2.05. The van der Waals surface area contributed by atoms with E-state index >= 15 is 0 Å². The minimum atomic E-state index is 0.453. The molecule has 1 aromatic heterocycles. The van der Waals surface area contributed by atoms with Crippen LogP contribution in [0, 0.1) is 12.3 Å². The lowest BCUT2D eigenvalue weighted by atomic mass is 10.1. The van der Waals surface area contributed by atoms with E-state index in [-0.39, 0.29) is 0 Å². The minimum Gasteiger partial charge on any atom is -0.472 e. The maximum absolute atomic E-state index is 7.80. The van der Waals surface area contributed by atoms with Gasteiger partial charge in [-0.2, -0.15) is 0 Å². The zero-order chi connectivity index (χ0) is 15.1. The van der Waals surface area contributed by atoms with Crippen LogP contribution in [0.5, 0.6) is 0 Å². The van der Waals surface area contributed by atoms with Crippen LogP contribution in [0.25, 0.3) is 0 Å². The lowest BCUT2D eigenvalue weighted by Gasteiger charge is -2.13. The number of rotatable bonds is 4. The summed E-state index contributed by atoms with van der Waals surface area (Å²) in [6, 6.07) is 5.78. The van der Waals surface area contributed by atoms with E-state index in [9.17, 15) is 0 Å². The average molecular weight is 293 g/mol. The van der Waals surface area contributed by atoms with Gasteiger partial charge < -0.3 is 15.1 Å². The van der Waals surface area contributed by atoms with Gasteiger partial charge >= 0.3 is 0 Å². The second-order valence-electron chi connectivity index (χ2n) is 4.28. The molecule has 2 aromatic rings. The standard InChI is InChI=1S/C14H15ClN2O.C2H6/c1-9-5-12(15)14(10(2)16)13(6-9)17-7-11-3-4-18-8-11;1-2/h3-6,8,16-17H,7H2,1-2H3;1-2H3. The van der Waals surface area contributed by atoms with E-state index < -0.39 is 0 Å². The van der Waals surface area contributed by atoms with Gasteiger partial charge in [0.15, 0.2) is 0 Å². The first-order valence-corrected chi connectivity index (χ1v) is 7.06. The molecule has 2 rings (SSSR count). The molecule has 0 amide bonds. The van der Waals surface area contributed by atoms with Crippen molar-refractivity contribution < 1.29 is 4.42 Å². The fraction of sp³-hybridized carbons (Fsp3) is 0.312. The molecule has 0 saturated carbocycles. The van der Waals surface area contributed by atoms with E-state index in [1.54, 1.807) is 19.5 Å². The molecule has 0 bridgehead atoms. The first kappa shape index (κ1) is 16.3. The molecule has 4 heteroatoms. The Balaban J connectivity index is 0.000000956. The summed E-state index contributed by atoms with van der Waals surface area (Å²) in [5.74, 6) is 0. The molecule has 1 heterocycles. The van der Waals surface area contributed by atoms with E-state index in [0.29, 0.717) is 17.3 Å². The SMILES string of the molecule is CC.CC(=N)c1c(Cl)cc(C)cc1NCc1ccoc1. The highest BCUT2D eigenvalue weighted by Crippen LogP contribution is 2.27. The Kier molecular flexibility index (Phi) is 6.32. The molecule has 1 aromatic carbocycles. The number of anilines is 1. The molecular formula is C16H21ClN2O. The third-order valence-electron chi connectivity index (χ3n) is 2.67. The van der Waals surface area contributed by atoms with Crippen LogP contribution in [-0.4, -0.2) is 5.71 Å². The number of hydrogen-bond acceptors (Lipinski definition) is 3. The molecule has 20 heavy (non-hydrogen) atoms. The predicted octanol–water partition coefficient (Wildman–Crippen LogP) is 5.27. The van der Waals surface area contributed by atoms with Crippen LogP contribution in [0.15, 0.2) is 35.1 Å². The Morgan fingerprint density at radius 3 is 2.60 bits per heavy atom. The van der Waals surface area contributed by atoms with Crippen LogP contribution < -0.4 is 5.32 Å². The molecule has 108 valence electrons. The van der Waals surface area contributed by atoms with Crippen LogP contribution in [0.1, 0.15) is 37.5 Å². The van der Waals surface area contributed by atoms with E-state index in [2.05, 4.69) is 5.32 Å². The van der Waals surface area contributed by atoms with Crippen molar-refractivity contribution in [2.45, 2.75) is 34.2 Å². The third-order valence-corrected chi connectivity index (χ3v) is 2.97. The maximum atomic E-state index is 7.80. The second-order valence-corrected chi connectivity index (χ2v) is 4.69. The van der Waals surface area contributed by atoms with Gasteiger partial charge in [0.1, 0.15) is 0 Å². The summed E-state index contributed by atoms with van der Waals surface area (Å²) in [7, 11) is 0. The first-order chi connectivity index (χ1) is 9.58. The molecule has 0 spiro atoms. The fourth-order valence-corrected chi connectivity index (χ4v) is 2.27. The Hall–Kier alpha value is -1.74. The van der Waals surface area contributed by atoms with Gasteiger partial charge in [0.05, 0.1) is 17.5 Å². The smallest absolute Gasteiger partial charge is 0.0952 e. The minimum absolute atomic E-state index is 0.453. The topological polar surface area (TPSA) is 49.0 Å². The monoisotopic (exact) mass is 292 g/mol. The van der Waals surface area contributed by atoms with E-state index in [0.717, 1.165) is 22.4 Å². The normalized spacial score (nSPS) is 9.65. The molecule has 0 radical (unpaired) electrons. The zero-order valence-corrected chi connectivity index (χ0v) is 13.1. The van der Waals surface area contributed by atoms with Crippen molar-refractivity contribution in [3.05, 3.63) is 52.4 Å². The largest absolute Gasteiger partial charge is 0.472 e. The highest BCUT2D eigenvalue weighted by molar-refractivity contribution is 6.34. The maximum Gasteiger partial charge on any atom is 0.0952 e. The molecule has 0 atom stereocenters. The number of benzene rings is 1. The molecule has 0 aliphatic heterocycles. The zero-order valence-electron chi connectivity index (χ0n) is 12.4. The number of hydrogen-bond donors (Lipinski definition) is 2. The van der Waals surface area contributed by atoms with E-state index in [4.69, 9.17) is 21.4 Å². The average Bonchev–Trinajstić information content (AvgIpc) is 2.90. The van der Waals surface area contributed by atoms with Crippen LogP contribution in [0.2, 0.25) is 5.02 Å².